The zero-order valence-corrected chi connectivity index (χ0v) is 7.96. The topological polar surface area (TPSA) is 110 Å². The van der Waals surface area contributed by atoms with Gasteiger partial charge in [0.15, 0.2) is 0 Å². The second-order valence-electron chi connectivity index (χ2n) is 3.09. The van der Waals surface area contributed by atoms with Gasteiger partial charge in [-0.2, -0.15) is 0 Å². The second kappa shape index (κ2) is 4.72. The number of nitrogens with zero attached hydrogens (tertiary/aromatic N) is 1. The van der Waals surface area contributed by atoms with Crippen LogP contribution >= 0.6 is 0 Å². The molecule has 1 unspecified atom stereocenters. The summed E-state index contributed by atoms with van der Waals surface area (Å²) in [5, 5.41) is 29.4. The summed E-state index contributed by atoms with van der Waals surface area (Å²) in [5.41, 5.74) is 5.21. The number of non-ortho nitro benzene ring substituents is 1. The van der Waals surface area contributed by atoms with E-state index in [2.05, 4.69) is 0 Å². The average Bonchev–Trinajstić information content (AvgIpc) is 2.18. The molecule has 6 nitrogen and oxygen atoms in total. The molecule has 15 heavy (non-hydrogen) atoms. The molecule has 1 aromatic rings. The molecule has 1 rings (SSSR count). The number of hydrogen-bond acceptors (Lipinski definition) is 5. The highest BCUT2D eigenvalue weighted by Gasteiger charge is 2.16. The molecule has 0 aliphatic heterocycles. The van der Waals surface area contributed by atoms with Gasteiger partial charge in [-0.25, -0.2) is 0 Å². The van der Waals surface area contributed by atoms with Gasteiger partial charge in [0, 0.05) is 17.7 Å². The van der Waals surface area contributed by atoms with Gasteiger partial charge in [0.25, 0.3) is 5.69 Å². The zero-order chi connectivity index (χ0) is 11.4. The van der Waals surface area contributed by atoms with E-state index in [4.69, 9.17) is 5.73 Å². The third kappa shape index (κ3) is 2.64. The van der Waals surface area contributed by atoms with Crippen molar-refractivity contribution in [2.45, 2.75) is 12.5 Å². The molecule has 0 saturated carbocycles. The van der Waals surface area contributed by atoms with E-state index >= 15 is 0 Å². The van der Waals surface area contributed by atoms with Crippen LogP contribution in [0.4, 0.5) is 5.69 Å². The summed E-state index contributed by atoms with van der Waals surface area (Å²) < 4.78 is 0. The Bertz CT molecular complexity index is 367. The summed E-state index contributed by atoms with van der Waals surface area (Å²) in [6.07, 6.45) is -0.732. The van der Waals surface area contributed by atoms with Gasteiger partial charge in [-0.05, 0) is 19.0 Å². The van der Waals surface area contributed by atoms with Gasteiger partial charge < -0.3 is 15.9 Å². The summed E-state index contributed by atoms with van der Waals surface area (Å²) in [6, 6.07) is 3.51. The van der Waals surface area contributed by atoms with Crippen molar-refractivity contribution in [2.24, 2.45) is 5.73 Å². The van der Waals surface area contributed by atoms with Gasteiger partial charge >= 0.3 is 0 Å². The molecule has 0 heterocycles. The Morgan fingerprint density at radius 1 is 1.53 bits per heavy atom. The Hall–Kier alpha value is -1.66. The van der Waals surface area contributed by atoms with E-state index in [-0.39, 0.29) is 30.0 Å². The normalized spacial score (nSPS) is 12.4. The Morgan fingerprint density at radius 2 is 2.20 bits per heavy atom. The largest absolute Gasteiger partial charge is 0.508 e. The van der Waals surface area contributed by atoms with Crippen molar-refractivity contribution in [3.8, 4) is 5.75 Å². The quantitative estimate of drug-likeness (QED) is 0.502. The molecule has 6 heteroatoms. The number of phenols is 1. The van der Waals surface area contributed by atoms with Crippen molar-refractivity contribution in [3.05, 3.63) is 33.9 Å². The average molecular weight is 212 g/mol. The molecule has 0 saturated heterocycles. The van der Waals surface area contributed by atoms with Crippen LogP contribution in [0.15, 0.2) is 18.2 Å². The summed E-state index contributed by atoms with van der Waals surface area (Å²) in [4.78, 5) is 9.88. The summed E-state index contributed by atoms with van der Waals surface area (Å²) in [5.74, 6) is -0.165. The maximum absolute atomic E-state index is 10.5. The van der Waals surface area contributed by atoms with Crippen molar-refractivity contribution in [2.75, 3.05) is 6.54 Å². The molecular formula is C9H12N2O4. The standard InChI is InChI=1S/C9H12N2O4/c10-4-3-9(13)7-5-6(11(14)15)1-2-8(7)12/h1-2,5,9,12-13H,3-4,10H2. The Morgan fingerprint density at radius 3 is 2.73 bits per heavy atom. The van der Waals surface area contributed by atoms with E-state index in [1.54, 1.807) is 0 Å². The molecule has 1 aromatic carbocycles. The molecule has 0 fully saturated rings. The predicted molar refractivity (Wildman–Crippen MR) is 53.4 cm³/mol. The van der Waals surface area contributed by atoms with Crippen molar-refractivity contribution in [3.63, 3.8) is 0 Å². The lowest BCUT2D eigenvalue weighted by Gasteiger charge is -2.10. The van der Waals surface area contributed by atoms with Crippen LogP contribution in [0, 0.1) is 10.1 Å². The molecule has 0 amide bonds. The van der Waals surface area contributed by atoms with Crippen LogP contribution in [0.3, 0.4) is 0 Å². The van der Waals surface area contributed by atoms with Gasteiger partial charge in [-0.15, -0.1) is 0 Å². The van der Waals surface area contributed by atoms with Crippen LogP contribution in [0.5, 0.6) is 5.75 Å². The first kappa shape index (κ1) is 11.4. The monoisotopic (exact) mass is 212 g/mol. The van der Waals surface area contributed by atoms with Crippen LogP contribution in [0.25, 0.3) is 0 Å². The molecule has 4 N–H and O–H groups in total. The van der Waals surface area contributed by atoms with E-state index in [1.807, 2.05) is 0 Å². The SMILES string of the molecule is NCCC(O)c1cc([N+](=O)[O-])ccc1O. The highest BCUT2D eigenvalue weighted by Crippen LogP contribution is 2.29. The lowest BCUT2D eigenvalue weighted by atomic mass is 10.0. The smallest absolute Gasteiger partial charge is 0.270 e. The third-order valence-electron chi connectivity index (χ3n) is 2.02. The molecule has 0 spiro atoms. The van der Waals surface area contributed by atoms with Crippen LogP contribution in [0.1, 0.15) is 18.1 Å². The van der Waals surface area contributed by atoms with Gasteiger partial charge in [0.1, 0.15) is 5.75 Å². The van der Waals surface area contributed by atoms with E-state index in [1.165, 1.54) is 12.1 Å². The predicted octanol–water partition coefficient (Wildman–Crippen LogP) is 0.683. The molecule has 0 bridgehead atoms. The number of nitrogens with two attached hydrogens (primary N) is 1. The minimum atomic E-state index is -0.977. The van der Waals surface area contributed by atoms with E-state index in [0.717, 1.165) is 6.07 Å². The summed E-state index contributed by atoms with van der Waals surface area (Å²) in [7, 11) is 0. The number of phenolic OH excluding ortho intramolecular Hbond substituents is 1. The van der Waals surface area contributed by atoms with Crippen LogP contribution in [0.2, 0.25) is 0 Å². The Balaban J connectivity index is 3.04. The van der Waals surface area contributed by atoms with Crippen LogP contribution in [-0.4, -0.2) is 21.7 Å². The molecule has 0 aliphatic rings. The molecule has 1 atom stereocenters. The van der Waals surface area contributed by atoms with E-state index in [0.29, 0.717) is 0 Å². The molecular weight excluding hydrogens is 200 g/mol. The number of hydrogen-bond donors (Lipinski definition) is 3. The Labute approximate surface area is 86.1 Å². The summed E-state index contributed by atoms with van der Waals surface area (Å²) in [6.45, 7) is 0.239. The van der Waals surface area contributed by atoms with Crippen LogP contribution in [-0.2, 0) is 0 Å². The first-order valence-electron chi connectivity index (χ1n) is 4.41. The first-order valence-corrected chi connectivity index (χ1v) is 4.41. The van der Waals surface area contributed by atoms with Crippen molar-refractivity contribution in [1.29, 1.82) is 0 Å². The fraction of sp³-hybridized carbons (Fsp3) is 0.333. The molecule has 0 aliphatic carbocycles. The van der Waals surface area contributed by atoms with Crippen molar-refractivity contribution in [1.82, 2.24) is 0 Å². The van der Waals surface area contributed by atoms with E-state index in [9.17, 15) is 20.3 Å². The first-order chi connectivity index (χ1) is 7.06. The zero-order valence-electron chi connectivity index (χ0n) is 7.96. The number of nitro groups is 1. The lowest BCUT2D eigenvalue weighted by Crippen LogP contribution is -2.07. The molecule has 0 radical (unpaired) electrons. The minimum absolute atomic E-state index is 0.134. The van der Waals surface area contributed by atoms with Gasteiger partial charge in [-0.1, -0.05) is 0 Å². The fourth-order valence-corrected chi connectivity index (χ4v) is 1.24. The van der Waals surface area contributed by atoms with Crippen molar-refractivity contribution < 1.29 is 15.1 Å². The Kier molecular flexibility index (Phi) is 3.59. The number of aliphatic hydroxyl groups excluding tert-OH is 1. The third-order valence-corrected chi connectivity index (χ3v) is 2.02. The lowest BCUT2D eigenvalue weighted by molar-refractivity contribution is -0.385. The van der Waals surface area contributed by atoms with E-state index < -0.39 is 11.0 Å². The number of rotatable bonds is 4. The number of benzene rings is 1. The second-order valence-corrected chi connectivity index (χ2v) is 3.09. The van der Waals surface area contributed by atoms with Gasteiger partial charge in [-0.3, -0.25) is 10.1 Å². The highest BCUT2D eigenvalue weighted by molar-refractivity contribution is 5.44. The molecule has 82 valence electrons. The minimum Gasteiger partial charge on any atom is -0.508 e. The summed E-state index contributed by atoms with van der Waals surface area (Å²) >= 11 is 0. The van der Waals surface area contributed by atoms with Gasteiger partial charge in [0.05, 0.1) is 11.0 Å². The number of nitro benzene ring substituents is 1. The van der Waals surface area contributed by atoms with Gasteiger partial charge in [0.2, 0.25) is 0 Å². The fourth-order valence-electron chi connectivity index (χ4n) is 1.24. The number of aromatic hydroxyl groups is 1. The maximum atomic E-state index is 10.5. The highest BCUT2D eigenvalue weighted by atomic mass is 16.6. The maximum Gasteiger partial charge on any atom is 0.270 e. The molecule has 0 aromatic heterocycles. The van der Waals surface area contributed by atoms with Crippen LogP contribution < -0.4 is 5.73 Å². The number of aliphatic hydroxyl groups is 1. The van der Waals surface area contributed by atoms with Crippen molar-refractivity contribution >= 4 is 5.69 Å².